The van der Waals surface area contributed by atoms with Gasteiger partial charge in [-0.3, -0.25) is 0 Å². The van der Waals surface area contributed by atoms with Gasteiger partial charge in [0.2, 0.25) is 0 Å². The highest BCUT2D eigenvalue weighted by atomic mass is 16.5. The number of carbonyl (C=O) groups is 1. The Kier molecular flexibility index (Phi) is 3.23. The molecule has 3 heteroatoms. The summed E-state index contributed by atoms with van der Waals surface area (Å²) < 4.78 is 5.48. The van der Waals surface area contributed by atoms with E-state index in [1.54, 1.807) is 0 Å². The van der Waals surface area contributed by atoms with Gasteiger partial charge >= 0.3 is 0 Å². The second-order valence-electron chi connectivity index (χ2n) is 3.46. The summed E-state index contributed by atoms with van der Waals surface area (Å²) in [7, 11) is 2.02. The van der Waals surface area contributed by atoms with Gasteiger partial charge in [-0.25, -0.2) is 0 Å². The Bertz CT molecular complexity index is 157. The molecule has 1 atom stereocenters. The van der Waals surface area contributed by atoms with E-state index in [1.165, 1.54) is 0 Å². The minimum absolute atomic E-state index is 0.512. The van der Waals surface area contributed by atoms with Gasteiger partial charge in [-0.15, -0.1) is 0 Å². The molecule has 1 rings (SSSR count). The minimum Gasteiger partial charge on any atom is -0.366 e. The predicted molar refractivity (Wildman–Crippen MR) is 47.2 cm³/mol. The van der Waals surface area contributed by atoms with E-state index in [2.05, 4.69) is 4.90 Å². The topological polar surface area (TPSA) is 29.5 Å². The molecule has 3 nitrogen and oxygen atoms in total. The van der Waals surface area contributed by atoms with Crippen LogP contribution < -0.4 is 0 Å². The third-order valence-electron chi connectivity index (χ3n) is 2.32. The molecule has 0 spiro atoms. The molecule has 0 N–H and O–H groups in total. The molecule has 1 saturated heterocycles. The number of aldehydes is 1. The lowest BCUT2D eigenvalue weighted by Gasteiger charge is -2.36. The van der Waals surface area contributed by atoms with Crippen LogP contribution in [0.1, 0.15) is 19.8 Å². The number of piperidine rings is 1. The van der Waals surface area contributed by atoms with Crippen molar-refractivity contribution >= 4 is 6.29 Å². The van der Waals surface area contributed by atoms with E-state index in [-0.39, 0.29) is 0 Å². The molecule has 0 amide bonds. The lowest BCUT2D eigenvalue weighted by atomic mass is 9.94. The van der Waals surface area contributed by atoms with Gasteiger partial charge in [-0.05, 0) is 33.4 Å². The number of likely N-dealkylation sites (N-methyl/N-ethyl adjacent to an activating group) is 1. The molecule has 1 aliphatic rings. The summed E-state index contributed by atoms with van der Waals surface area (Å²) in [6.07, 6.45) is 2.88. The molecule has 0 radical (unpaired) electrons. The van der Waals surface area contributed by atoms with Crippen LogP contribution in [0.4, 0.5) is 0 Å². The number of nitrogens with zero attached hydrogens (tertiary/aromatic N) is 1. The van der Waals surface area contributed by atoms with Crippen LogP contribution in [0.25, 0.3) is 0 Å². The smallest absolute Gasteiger partial charge is 0.153 e. The van der Waals surface area contributed by atoms with Crippen LogP contribution in [0, 0.1) is 0 Å². The molecular weight excluding hydrogens is 154 g/mol. The number of carbonyl (C=O) groups excluding carboxylic acids is 1. The number of likely N-dealkylation sites (tertiary alicyclic amines) is 1. The average molecular weight is 171 g/mol. The third kappa shape index (κ3) is 2.05. The van der Waals surface area contributed by atoms with Crippen molar-refractivity contribution in [2.45, 2.75) is 25.4 Å². The van der Waals surface area contributed by atoms with E-state index in [1.807, 2.05) is 14.0 Å². The first-order valence-electron chi connectivity index (χ1n) is 4.51. The molecule has 12 heavy (non-hydrogen) atoms. The standard InChI is InChI=1S/C9H17NO2/c1-3-12-9(8-11)5-4-6-10(2)7-9/h8H,3-7H2,1-2H3. The van der Waals surface area contributed by atoms with E-state index in [0.717, 1.165) is 32.2 Å². The molecule has 0 aromatic rings. The zero-order chi connectivity index (χ0) is 9.03. The summed E-state index contributed by atoms with van der Waals surface area (Å²) in [4.78, 5) is 13.0. The molecule has 0 aliphatic carbocycles. The molecule has 1 aliphatic heterocycles. The number of hydrogen-bond acceptors (Lipinski definition) is 3. The van der Waals surface area contributed by atoms with E-state index in [4.69, 9.17) is 4.74 Å². The van der Waals surface area contributed by atoms with Gasteiger partial charge in [0.15, 0.2) is 6.29 Å². The maximum atomic E-state index is 10.9. The van der Waals surface area contributed by atoms with Crippen molar-refractivity contribution in [2.75, 3.05) is 26.7 Å². The van der Waals surface area contributed by atoms with Crippen molar-refractivity contribution < 1.29 is 9.53 Å². The second kappa shape index (κ2) is 4.01. The molecule has 1 unspecified atom stereocenters. The highest BCUT2D eigenvalue weighted by Crippen LogP contribution is 2.21. The van der Waals surface area contributed by atoms with Crippen LogP contribution in [0.3, 0.4) is 0 Å². The van der Waals surface area contributed by atoms with E-state index < -0.39 is 5.60 Å². The van der Waals surface area contributed by atoms with Gasteiger partial charge in [0.1, 0.15) is 5.60 Å². The second-order valence-corrected chi connectivity index (χ2v) is 3.46. The van der Waals surface area contributed by atoms with Crippen molar-refractivity contribution in [3.05, 3.63) is 0 Å². The molecule has 0 saturated carbocycles. The molecule has 0 aromatic heterocycles. The maximum Gasteiger partial charge on any atom is 0.153 e. The van der Waals surface area contributed by atoms with Crippen molar-refractivity contribution in [1.82, 2.24) is 4.90 Å². The van der Waals surface area contributed by atoms with Crippen molar-refractivity contribution in [2.24, 2.45) is 0 Å². The Morgan fingerprint density at radius 3 is 2.92 bits per heavy atom. The Hall–Kier alpha value is -0.410. The molecule has 1 heterocycles. The van der Waals surface area contributed by atoms with Crippen LogP contribution in [-0.4, -0.2) is 43.5 Å². The fourth-order valence-electron chi connectivity index (χ4n) is 1.80. The number of ether oxygens (including phenoxy) is 1. The van der Waals surface area contributed by atoms with Crippen LogP contribution >= 0.6 is 0 Å². The van der Waals surface area contributed by atoms with Gasteiger partial charge in [0.05, 0.1) is 0 Å². The highest BCUT2D eigenvalue weighted by molar-refractivity contribution is 5.63. The van der Waals surface area contributed by atoms with Crippen molar-refractivity contribution in [3.63, 3.8) is 0 Å². The minimum atomic E-state index is -0.512. The van der Waals surface area contributed by atoms with Gasteiger partial charge in [-0.2, -0.15) is 0 Å². The Labute approximate surface area is 73.7 Å². The van der Waals surface area contributed by atoms with Gasteiger partial charge in [0.25, 0.3) is 0 Å². The predicted octanol–water partition coefficient (Wildman–Crippen LogP) is 0.686. The Morgan fingerprint density at radius 2 is 2.42 bits per heavy atom. The van der Waals surface area contributed by atoms with Crippen molar-refractivity contribution in [3.8, 4) is 0 Å². The zero-order valence-corrected chi connectivity index (χ0v) is 7.88. The normalized spacial score (nSPS) is 31.8. The van der Waals surface area contributed by atoms with Crippen LogP contribution in [0.5, 0.6) is 0 Å². The summed E-state index contributed by atoms with van der Waals surface area (Å²) in [6, 6.07) is 0. The first-order valence-corrected chi connectivity index (χ1v) is 4.51. The first-order chi connectivity index (χ1) is 5.72. The van der Waals surface area contributed by atoms with E-state index in [0.29, 0.717) is 6.61 Å². The molecule has 70 valence electrons. The lowest BCUT2D eigenvalue weighted by molar-refractivity contribution is -0.138. The first kappa shape index (κ1) is 9.68. The van der Waals surface area contributed by atoms with Gasteiger partial charge < -0.3 is 14.4 Å². The zero-order valence-electron chi connectivity index (χ0n) is 7.88. The molecular formula is C9H17NO2. The average Bonchev–Trinajstić information content (AvgIpc) is 2.05. The van der Waals surface area contributed by atoms with E-state index >= 15 is 0 Å². The summed E-state index contributed by atoms with van der Waals surface area (Å²) in [5, 5.41) is 0. The molecule has 0 bridgehead atoms. The largest absolute Gasteiger partial charge is 0.366 e. The highest BCUT2D eigenvalue weighted by Gasteiger charge is 2.34. The number of hydrogen-bond donors (Lipinski definition) is 0. The lowest BCUT2D eigenvalue weighted by Crippen LogP contribution is -2.49. The van der Waals surface area contributed by atoms with Crippen LogP contribution in [0.2, 0.25) is 0 Å². The SMILES string of the molecule is CCOC1(C=O)CCCN(C)C1. The number of rotatable bonds is 3. The third-order valence-corrected chi connectivity index (χ3v) is 2.32. The van der Waals surface area contributed by atoms with Crippen LogP contribution in [0.15, 0.2) is 0 Å². The van der Waals surface area contributed by atoms with Gasteiger partial charge in [-0.1, -0.05) is 0 Å². The fourth-order valence-corrected chi connectivity index (χ4v) is 1.80. The summed E-state index contributed by atoms with van der Waals surface area (Å²) >= 11 is 0. The Balaban J connectivity index is 2.57. The van der Waals surface area contributed by atoms with Crippen LogP contribution in [-0.2, 0) is 9.53 Å². The van der Waals surface area contributed by atoms with E-state index in [9.17, 15) is 4.79 Å². The summed E-state index contributed by atoms with van der Waals surface area (Å²) in [5.41, 5.74) is -0.512. The van der Waals surface area contributed by atoms with Gasteiger partial charge in [0, 0.05) is 13.2 Å². The maximum absolute atomic E-state index is 10.9. The Morgan fingerprint density at radius 1 is 1.67 bits per heavy atom. The quantitative estimate of drug-likeness (QED) is 0.585. The fraction of sp³-hybridized carbons (Fsp3) is 0.889. The summed E-state index contributed by atoms with van der Waals surface area (Å²) in [5.74, 6) is 0. The molecule has 0 aromatic carbocycles. The molecule has 1 fully saturated rings. The monoisotopic (exact) mass is 171 g/mol. The van der Waals surface area contributed by atoms with Crippen molar-refractivity contribution in [1.29, 1.82) is 0 Å². The summed E-state index contributed by atoms with van der Waals surface area (Å²) in [6.45, 7) is 4.36.